The van der Waals surface area contributed by atoms with Gasteiger partial charge in [-0.05, 0) is 62.1 Å². The lowest BCUT2D eigenvalue weighted by Gasteiger charge is -2.26. The lowest BCUT2D eigenvalue weighted by atomic mass is 10.0. The summed E-state index contributed by atoms with van der Waals surface area (Å²) in [6, 6.07) is 10.4. The van der Waals surface area contributed by atoms with E-state index in [1.165, 1.54) is 16.4 Å². The maximum absolute atomic E-state index is 13.8. The molecule has 1 saturated heterocycles. The molecular weight excluding hydrogens is 456 g/mol. The predicted octanol–water partition coefficient (Wildman–Crippen LogP) is 3.29. The van der Waals surface area contributed by atoms with E-state index in [2.05, 4.69) is 4.98 Å². The summed E-state index contributed by atoms with van der Waals surface area (Å²) in [7, 11) is -3.94. The number of aromatic nitrogens is 1. The van der Waals surface area contributed by atoms with Gasteiger partial charge in [0, 0.05) is 42.2 Å². The number of nitrogens with one attached hydrogen (secondary N) is 1. The van der Waals surface area contributed by atoms with Gasteiger partial charge in [-0.1, -0.05) is 6.07 Å². The van der Waals surface area contributed by atoms with Gasteiger partial charge in [0.25, 0.3) is 5.56 Å². The van der Waals surface area contributed by atoms with Crippen LogP contribution in [0.25, 0.3) is 10.9 Å². The molecule has 5 rings (SSSR count). The first-order valence-electron chi connectivity index (χ1n) is 11.5. The van der Waals surface area contributed by atoms with Crippen molar-refractivity contribution in [3.8, 4) is 11.5 Å². The first-order valence-corrected chi connectivity index (χ1v) is 12.9. The SMILES string of the molecule is Cc1cc(C)c2cc(CN(C[C@H]3CCCO3)S(=O)(=O)c3ccc4c(c3)OCCO4)c(=O)[nH]c2c1. The summed E-state index contributed by atoms with van der Waals surface area (Å²) < 4.78 is 45.7. The van der Waals surface area contributed by atoms with E-state index in [4.69, 9.17) is 14.2 Å². The van der Waals surface area contributed by atoms with Crippen LogP contribution >= 0.6 is 0 Å². The number of hydrogen-bond acceptors (Lipinski definition) is 6. The van der Waals surface area contributed by atoms with Gasteiger partial charge in [-0.15, -0.1) is 0 Å². The maximum Gasteiger partial charge on any atom is 0.252 e. The van der Waals surface area contributed by atoms with Gasteiger partial charge < -0.3 is 19.2 Å². The number of pyridine rings is 1. The molecule has 8 nitrogen and oxygen atoms in total. The molecule has 3 aromatic rings. The number of ether oxygens (including phenoxy) is 3. The van der Waals surface area contributed by atoms with Gasteiger partial charge in [0.2, 0.25) is 10.0 Å². The number of rotatable bonds is 6. The number of benzene rings is 2. The molecule has 180 valence electrons. The molecule has 0 saturated carbocycles. The van der Waals surface area contributed by atoms with Gasteiger partial charge in [0.1, 0.15) is 13.2 Å². The summed E-state index contributed by atoms with van der Waals surface area (Å²) in [6.45, 7) is 5.46. The van der Waals surface area contributed by atoms with Crippen molar-refractivity contribution in [2.24, 2.45) is 0 Å². The number of aryl methyl sites for hydroxylation is 2. The van der Waals surface area contributed by atoms with Crippen molar-refractivity contribution in [1.82, 2.24) is 9.29 Å². The molecule has 2 aromatic carbocycles. The Balaban J connectivity index is 1.54. The Hall–Kier alpha value is -2.88. The monoisotopic (exact) mass is 484 g/mol. The van der Waals surface area contributed by atoms with Gasteiger partial charge in [-0.2, -0.15) is 4.31 Å². The van der Waals surface area contributed by atoms with Crippen LogP contribution in [0, 0.1) is 13.8 Å². The molecular formula is C25H28N2O6S. The summed E-state index contributed by atoms with van der Waals surface area (Å²) in [5, 5.41) is 0.897. The highest BCUT2D eigenvalue weighted by Crippen LogP contribution is 2.34. The smallest absolute Gasteiger partial charge is 0.252 e. The average molecular weight is 485 g/mol. The Morgan fingerprint density at radius 3 is 2.59 bits per heavy atom. The molecule has 0 aliphatic carbocycles. The highest BCUT2D eigenvalue weighted by molar-refractivity contribution is 7.89. The van der Waals surface area contributed by atoms with Crippen LogP contribution in [0.4, 0.5) is 0 Å². The Morgan fingerprint density at radius 1 is 1.03 bits per heavy atom. The third-order valence-electron chi connectivity index (χ3n) is 6.32. The fourth-order valence-electron chi connectivity index (χ4n) is 4.62. The van der Waals surface area contributed by atoms with E-state index in [-0.39, 0.29) is 29.6 Å². The summed E-state index contributed by atoms with van der Waals surface area (Å²) in [4.78, 5) is 16.0. The van der Waals surface area contributed by atoms with Gasteiger partial charge in [-0.25, -0.2) is 8.42 Å². The van der Waals surface area contributed by atoms with E-state index in [9.17, 15) is 13.2 Å². The summed E-state index contributed by atoms with van der Waals surface area (Å²) in [6.07, 6.45) is 1.45. The molecule has 1 atom stereocenters. The lowest BCUT2D eigenvalue weighted by Crippen LogP contribution is -2.38. The number of hydrogen-bond donors (Lipinski definition) is 1. The maximum atomic E-state index is 13.8. The minimum Gasteiger partial charge on any atom is -0.486 e. The second-order valence-electron chi connectivity index (χ2n) is 8.90. The van der Waals surface area contributed by atoms with Crippen LogP contribution in [-0.2, 0) is 21.3 Å². The van der Waals surface area contributed by atoms with E-state index < -0.39 is 10.0 Å². The number of fused-ring (bicyclic) bond motifs is 2. The molecule has 2 aliphatic rings. The third-order valence-corrected chi connectivity index (χ3v) is 8.13. The minimum atomic E-state index is -3.94. The normalized spacial score (nSPS) is 18.0. The van der Waals surface area contributed by atoms with E-state index in [0.29, 0.717) is 36.9 Å². The van der Waals surface area contributed by atoms with Gasteiger partial charge in [-0.3, -0.25) is 4.79 Å². The Kier molecular flexibility index (Phi) is 6.09. The van der Waals surface area contributed by atoms with Crippen LogP contribution in [0.3, 0.4) is 0 Å². The fourth-order valence-corrected chi connectivity index (χ4v) is 6.09. The zero-order valence-corrected chi connectivity index (χ0v) is 20.1. The zero-order valence-electron chi connectivity index (χ0n) is 19.3. The molecule has 1 aromatic heterocycles. The molecule has 3 heterocycles. The molecule has 1 N–H and O–H groups in total. The largest absolute Gasteiger partial charge is 0.486 e. The summed E-state index contributed by atoms with van der Waals surface area (Å²) in [5.74, 6) is 0.923. The highest BCUT2D eigenvalue weighted by Gasteiger charge is 2.31. The van der Waals surface area contributed by atoms with Crippen LogP contribution in [0.15, 0.2) is 46.1 Å². The molecule has 34 heavy (non-hydrogen) atoms. The standard InChI is InChI=1S/C25H28N2O6S/c1-16-10-17(2)21-12-18(25(28)26-22(21)11-16)14-27(15-19-4-3-7-31-19)34(29,30)20-5-6-23-24(13-20)33-9-8-32-23/h5-6,10-13,19H,3-4,7-9,14-15H2,1-2H3,(H,26,28)/t19-/m1/s1. The first kappa shape index (κ1) is 22.9. The molecule has 0 amide bonds. The fraction of sp³-hybridized carbons (Fsp3) is 0.400. The Bertz CT molecular complexity index is 1390. The van der Waals surface area contributed by atoms with Gasteiger partial charge in [0.15, 0.2) is 11.5 Å². The van der Waals surface area contributed by atoms with Crippen LogP contribution < -0.4 is 15.0 Å². The zero-order chi connectivity index (χ0) is 23.9. The predicted molar refractivity (Wildman–Crippen MR) is 128 cm³/mol. The first-order chi connectivity index (χ1) is 16.3. The van der Waals surface area contributed by atoms with Crippen LogP contribution in [0.5, 0.6) is 11.5 Å². The van der Waals surface area contributed by atoms with Crippen molar-refractivity contribution >= 4 is 20.9 Å². The van der Waals surface area contributed by atoms with Crippen molar-refractivity contribution in [2.75, 3.05) is 26.4 Å². The van der Waals surface area contributed by atoms with Gasteiger partial charge >= 0.3 is 0 Å². The summed E-state index contributed by atoms with van der Waals surface area (Å²) >= 11 is 0. The van der Waals surface area contributed by atoms with Crippen molar-refractivity contribution in [3.63, 3.8) is 0 Å². The molecule has 0 radical (unpaired) electrons. The second kappa shape index (κ2) is 9.05. The third kappa shape index (κ3) is 4.43. The molecule has 9 heteroatoms. The van der Waals surface area contributed by atoms with Crippen LogP contribution in [-0.4, -0.2) is 50.2 Å². The Morgan fingerprint density at radius 2 is 1.82 bits per heavy atom. The minimum absolute atomic E-state index is 0.0603. The van der Waals surface area contributed by atoms with Crippen molar-refractivity contribution < 1.29 is 22.6 Å². The highest BCUT2D eigenvalue weighted by atomic mass is 32.2. The number of aromatic amines is 1. The average Bonchev–Trinajstić information content (AvgIpc) is 3.32. The molecule has 0 bridgehead atoms. The van der Waals surface area contributed by atoms with Gasteiger partial charge in [0.05, 0.1) is 11.0 Å². The van der Waals surface area contributed by atoms with Crippen LogP contribution in [0.1, 0.15) is 29.5 Å². The summed E-state index contributed by atoms with van der Waals surface area (Å²) in [5.41, 5.74) is 2.90. The lowest BCUT2D eigenvalue weighted by molar-refractivity contribution is 0.0925. The Labute approximate surface area is 198 Å². The van der Waals surface area contributed by atoms with Crippen molar-refractivity contribution in [2.45, 2.75) is 44.2 Å². The number of sulfonamides is 1. The van der Waals surface area contributed by atoms with E-state index in [0.717, 1.165) is 34.9 Å². The molecule has 0 spiro atoms. The number of nitrogens with zero attached hydrogens (tertiary/aromatic N) is 1. The molecule has 2 aliphatic heterocycles. The topological polar surface area (TPSA) is 97.9 Å². The number of H-pyrrole nitrogens is 1. The van der Waals surface area contributed by atoms with E-state index in [1.807, 2.05) is 26.0 Å². The quantitative estimate of drug-likeness (QED) is 0.577. The van der Waals surface area contributed by atoms with Crippen molar-refractivity contribution in [1.29, 1.82) is 0 Å². The van der Waals surface area contributed by atoms with Crippen LogP contribution in [0.2, 0.25) is 0 Å². The molecule has 1 fully saturated rings. The van der Waals surface area contributed by atoms with E-state index in [1.54, 1.807) is 12.1 Å². The van der Waals surface area contributed by atoms with E-state index >= 15 is 0 Å². The van der Waals surface area contributed by atoms with Crippen molar-refractivity contribution in [3.05, 3.63) is 63.4 Å². The molecule has 0 unspecified atom stereocenters. The second-order valence-corrected chi connectivity index (χ2v) is 10.8.